The molecule has 2 aliphatic heterocycles. The van der Waals surface area contributed by atoms with Gasteiger partial charge in [0, 0.05) is 10.8 Å². The van der Waals surface area contributed by atoms with Gasteiger partial charge in [-0.05, 0) is 22.9 Å². The van der Waals surface area contributed by atoms with Crippen molar-refractivity contribution in [2.75, 3.05) is 4.43 Å². The third-order valence-electron chi connectivity index (χ3n) is 3.15. The number of para-hydroxylation sites is 1. The van der Waals surface area contributed by atoms with Crippen molar-refractivity contribution in [3.05, 3.63) is 50.5 Å². The Kier molecular flexibility index (Phi) is 4.75. The van der Waals surface area contributed by atoms with Gasteiger partial charge < -0.3 is 4.74 Å². The third kappa shape index (κ3) is 2.93. The van der Waals surface area contributed by atoms with Gasteiger partial charge in [-0.3, -0.25) is 9.59 Å². The molecule has 2 heterocycles. The quantitative estimate of drug-likeness (QED) is 0.305. The zero-order valence-corrected chi connectivity index (χ0v) is 14.7. The summed E-state index contributed by atoms with van der Waals surface area (Å²) in [5, 5.41) is 3.77. The Morgan fingerprint density at radius 1 is 1.14 bits per heavy atom. The second kappa shape index (κ2) is 6.58. The second-order valence-corrected chi connectivity index (χ2v) is 7.61. The van der Waals surface area contributed by atoms with E-state index >= 15 is 0 Å². The van der Waals surface area contributed by atoms with Crippen molar-refractivity contribution >= 4 is 57.7 Å². The van der Waals surface area contributed by atoms with E-state index < -0.39 is 6.10 Å². The van der Waals surface area contributed by atoms with E-state index in [0.717, 1.165) is 8.66 Å². The third-order valence-corrected chi connectivity index (χ3v) is 5.90. The van der Waals surface area contributed by atoms with Gasteiger partial charge in [0.1, 0.15) is 5.75 Å². The molecule has 0 N–H and O–H groups in total. The minimum absolute atomic E-state index is 0.202. The molecule has 2 aliphatic rings. The van der Waals surface area contributed by atoms with E-state index in [1.807, 2.05) is 16.9 Å². The maximum atomic E-state index is 12.8. The van der Waals surface area contributed by atoms with Crippen LogP contribution in [0.15, 0.2) is 44.9 Å². The number of hydrogen-bond donors (Lipinski definition) is 0. The lowest BCUT2D eigenvalue weighted by Crippen LogP contribution is -2.29. The molecule has 0 radical (unpaired) electrons. The van der Waals surface area contributed by atoms with Gasteiger partial charge in [-0.1, -0.05) is 58.2 Å². The Balaban J connectivity index is 2.13. The zero-order valence-electron chi connectivity index (χ0n) is 10.9. The van der Waals surface area contributed by atoms with Crippen LogP contribution in [0.4, 0.5) is 0 Å². The van der Waals surface area contributed by atoms with Crippen molar-refractivity contribution in [2.45, 2.75) is 12.5 Å². The molecule has 1 unspecified atom stereocenters. The number of ketones is 2. The van der Waals surface area contributed by atoms with E-state index in [0.29, 0.717) is 17.7 Å². The molecular weight excluding hydrogens is 419 g/mol. The van der Waals surface area contributed by atoms with Crippen LogP contribution in [0.3, 0.4) is 0 Å². The predicted octanol–water partition coefficient (Wildman–Crippen LogP) is 4.19. The number of halogens is 1. The van der Waals surface area contributed by atoms with E-state index in [2.05, 4.69) is 22.6 Å². The van der Waals surface area contributed by atoms with Crippen molar-refractivity contribution in [3.8, 4) is 5.75 Å². The molecule has 108 valence electrons. The number of carbonyl (C=O) groups excluding carboxylic acids is 2. The first kappa shape index (κ1) is 15.2. The number of alkyl halides is 1. The first-order valence-corrected chi connectivity index (χ1v) is 9.64. The van der Waals surface area contributed by atoms with Crippen molar-refractivity contribution in [1.29, 1.82) is 0 Å². The van der Waals surface area contributed by atoms with Gasteiger partial charge in [-0.2, -0.15) is 0 Å². The standard InChI is InChI=1S/C15H11IO3S2/c16-6-5-11-14(18)12(15-20-7-8-21-15)13(17)9-3-1-2-4-10(9)19-11/h1-4,7-8,11H,5-6H2. The molecule has 0 spiro atoms. The van der Waals surface area contributed by atoms with Crippen LogP contribution in [0, 0.1) is 0 Å². The lowest BCUT2D eigenvalue weighted by atomic mass is 9.99. The monoisotopic (exact) mass is 430 g/mol. The summed E-state index contributed by atoms with van der Waals surface area (Å²) < 4.78 is 7.37. The van der Waals surface area contributed by atoms with Crippen molar-refractivity contribution in [1.82, 2.24) is 0 Å². The predicted molar refractivity (Wildman–Crippen MR) is 95.0 cm³/mol. The first-order chi connectivity index (χ1) is 10.2. The van der Waals surface area contributed by atoms with E-state index in [9.17, 15) is 9.59 Å². The number of Topliss-reactive ketones (excluding diaryl/α,β-unsaturated/α-hetero) is 2. The van der Waals surface area contributed by atoms with Gasteiger partial charge >= 0.3 is 0 Å². The van der Waals surface area contributed by atoms with Crippen molar-refractivity contribution in [3.63, 3.8) is 0 Å². The van der Waals surface area contributed by atoms with Crippen LogP contribution in [-0.4, -0.2) is 22.1 Å². The SMILES string of the molecule is O=C1C(=C2SC=CS2)C(=O)C(CCI)Oc2ccccc21. The minimum Gasteiger partial charge on any atom is -0.481 e. The van der Waals surface area contributed by atoms with E-state index in [1.54, 1.807) is 18.2 Å². The average molecular weight is 430 g/mol. The fraction of sp³-hybridized carbons (Fsp3) is 0.200. The fourth-order valence-electron chi connectivity index (χ4n) is 2.18. The summed E-state index contributed by atoms with van der Waals surface area (Å²) in [4.78, 5) is 25.5. The summed E-state index contributed by atoms with van der Waals surface area (Å²) in [6.45, 7) is 0. The van der Waals surface area contributed by atoms with E-state index in [-0.39, 0.29) is 17.1 Å². The van der Waals surface area contributed by atoms with Crippen LogP contribution in [0.1, 0.15) is 16.8 Å². The molecule has 6 heteroatoms. The Morgan fingerprint density at radius 2 is 1.86 bits per heavy atom. The molecule has 0 aliphatic carbocycles. The molecule has 1 atom stereocenters. The van der Waals surface area contributed by atoms with Gasteiger partial charge in [0.2, 0.25) is 11.6 Å². The van der Waals surface area contributed by atoms with Gasteiger partial charge in [-0.15, -0.1) is 0 Å². The average Bonchev–Trinajstić information content (AvgIpc) is 2.98. The van der Waals surface area contributed by atoms with Gasteiger partial charge in [0.05, 0.1) is 15.4 Å². The Bertz CT molecular complexity index is 657. The Labute approximate surface area is 144 Å². The summed E-state index contributed by atoms with van der Waals surface area (Å²) in [5.41, 5.74) is 0.743. The highest BCUT2D eigenvalue weighted by Gasteiger charge is 2.36. The van der Waals surface area contributed by atoms with Crippen LogP contribution in [0.25, 0.3) is 0 Å². The Morgan fingerprint density at radius 3 is 2.57 bits per heavy atom. The van der Waals surface area contributed by atoms with Crippen molar-refractivity contribution in [2.24, 2.45) is 0 Å². The molecule has 3 rings (SSSR count). The lowest BCUT2D eigenvalue weighted by molar-refractivity contribution is -0.121. The number of hydrogen-bond acceptors (Lipinski definition) is 5. The molecule has 0 amide bonds. The molecule has 0 saturated carbocycles. The lowest BCUT2D eigenvalue weighted by Gasteiger charge is -2.15. The van der Waals surface area contributed by atoms with E-state index in [4.69, 9.17) is 4.74 Å². The van der Waals surface area contributed by atoms with Crippen LogP contribution < -0.4 is 4.74 Å². The zero-order chi connectivity index (χ0) is 14.8. The van der Waals surface area contributed by atoms with Gasteiger partial charge in [0.15, 0.2) is 6.10 Å². The maximum Gasteiger partial charge on any atom is 0.208 e. The largest absolute Gasteiger partial charge is 0.481 e. The summed E-state index contributed by atoms with van der Waals surface area (Å²) >= 11 is 5.06. The van der Waals surface area contributed by atoms with Crippen LogP contribution >= 0.6 is 46.1 Å². The fourth-order valence-corrected chi connectivity index (χ4v) is 4.61. The molecule has 3 nitrogen and oxygen atoms in total. The highest BCUT2D eigenvalue weighted by Crippen LogP contribution is 2.42. The Hall–Kier alpha value is -0.730. The number of fused-ring (bicyclic) bond motifs is 1. The number of rotatable bonds is 2. The summed E-state index contributed by atoms with van der Waals surface area (Å²) in [7, 11) is 0. The molecule has 0 saturated heterocycles. The van der Waals surface area contributed by atoms with Crippen LogP contribution in [-0.2, 0) is 4.79 Å². The molecule has 1 aromatic carbocycles. The number of thioether (sulfide) groups is 2. The van der Waals surface area contributed by atoms with Crippen LogP contribution in [0.2, 0.25) is 0 Å². The minimum atomic E-state index is -0.584. The van der Waals surface area contributed by atoms with Gasteiger partial charge in [0.25, 0.3) is 0 Å². The normalized spacial score (nSPS) is 21.3. The number of benzene rings is 1. The van der Waals surface area contributed by atoms with Crippen molar-refractivity contribution < 1.29 is 14.3 Å². The van der Waals surface area contributed by atoms with Gasteiger partial charge in [-0.25, -0.2) is 0 Å². The maximum absolute atomic E-state index is 12.8. The number of ether oxygens (including phenoxy) is 1. The smallest absolute Gasteiger partial charge is 0.208 e. The molecule has 21 heavy (non-hydrogen) atoms. The first-order valence-electron chi connectivity index (χ1n) is 6.35. The summed E-state index contributed by atoms with van der Waals surface area (Å²) in [6, 6.07) is 7.08. The van der Waals surface area contributed by atoms with E-state index in [1.165, 1.54) is 23.5 Å². The molecule has 0 bridgehead atoms. The highest BCUT2D eigenvalue weighted by molar-refractivity contribution is 14.1. The second-order valence-electron chi connectivity index (χ2n) is 4.44. The van der Waals surface area contributed by atoms with Crippen LogP contribution in [0.5, 0.6) is 5.75 Å². The number of carbonyl (C=O) groups is 2. The molecule has 0 aromatic heterocycles. The molecule has 1 aromatic rings. The topological polar surface area (TPSA) is 43.4 Å². The molecular formula is C15H11IO3S2. The summed E-state index contributed by atoms with van der Waals surface area (Å²) in [6.07, 6.45) is 0.0133. The highest BCUT2D eigenvalue weighted by atomic mass is 127. The molecule has 0 fully saturated rings. The summed E-state index contributed by atoms with van der Waals surface area (Å²) in [5.74, 6) is 0.0686.